The van der Waals surface area contributed by atoms with E-state index in [4.69, 9.17) is 0 Å². The monoisotopic (exact) mass is 288 g/mol. The van der Waals surface area contributed by atoms with Crippen LogP contribution in [-0.2, 0) is 6.42 Å². The topological polar surface area (TPSA) is 24.9 Å². The first kappa shape index (κ1) is 14.5. The highest BCUT2D eigenvalue weighted by atomic mass is 14.9. The second-order valence-corrected chi connectivity index (χ2v) is 5.37. The molecule has 2 heteroatoms. The minimum absolute atomic E-state index is 0.335. The van der Waals surface area contributed by atoms with Crippen LogP contribution in [0.1, 0.15) is 17.2 Å². The van der Waals surface area contributed by atoms with Crippen molar-refractivity contribution in [3.63, 3.8) is 0 Å². The molecule has 1 heterocycles. The Morgan fingerprint density at radius 1 is 0.864 bits per heavy atom. The van der Waals surface area contributed by atoms with Gasteiger partial charge in [-0.25, -0.2) is 0 Å². The first-order chi connectivity index (χ1) is 10.9. The van der Waals surface area contributed by atoms with Gasteiger partial charge < -0.3 is 5.32 Å². The maximum Gasteiger partial charge on any atom is 0.0701 e. The van der Waals surface area contributed by atoms with E-state index in [1.165, 1.54) is 11.1 Å². The summed E-state index contributed by atoms with van der Waals surface area (Å²) < 4.78 is 0. The Hall–Kier alpha value is -2.45. The van der Waals surface area contributed by atoms with Gasteiger partial charge in [0.25, 0.3) is 0 Å². The quantitative estimate of drug-likeness (QED) is 0.759. The molecule has 0 amide bonds. The summed E-state index contributed by atoms with van der Waals surface area (Å²) in [6.45, 7) is 0. The molecule has 1 atom stereocenters. The predicted octanol–water partition coefficient (Wildman–Crippen LogP) is 4.25. The number of hydrogen-bond acceptors (Lipinski definition) is 2. The third kappa shape index (κ3) is 3.41. The van der Waals surface area contributed by atoms with E-state index in [-0.39, 0.29) is 0 Å². The van der Waals surface area contributed by atoms with Gasteiger partial charge in [0.15, 0.2) is 0 Å². The van der Waals surface area contributed by atoms with Crippen LogP contribution in [0.5, 0.6) is 0 Å². The fourth-order valence-electron chi connectivity index (χ4n) is 2.65. The largest absolute Gasteiger partial charge is 0.313 e. The molecule has 1 unspecified atom stereocenters. The molecule has 2 nitrogen and oxygen atoms in total. The second-order valence-electron chi connectivity index (χ2n) is 5.37. The first-order valence-corrected chi connectivity index (χ1v) is 7.59. The molecule has 0 aliphatic heterocycles. The fourth-order valence-corrected chi connectivity index (χ4v) is 2.65. The summed E-state index contributed by atoms with van der Waals surface area (Å²) in [5.74, 6) is 0. The van der Waals surface area contributed by atoms with Crippen molar-refractivity contribution in [2.75, 3.05) is 7.05 Å². The van der Waals surface area contributed by atoms with E-state index in [0.717, 1.165) is 17.7 Å². The molecule has 0 aliphatic rings. The van der Waals surface area contributed by atoms with Crippen LogP contribution in [0, 0.1) is 0 Å². The lowest BCUT2D eigenvalue weighted by molar-refractivity contribution is 0.592. The number of benzene rings is 2. The molecule has 1 N–H and O–H groups in total. The number of pyridine rings is 1. The van der Waals surface area contributed by atoms with Gasteiger partial charge in [-0.3, -0.25) is 4.98 Å². The van der Waals surface area contributed by atoms with Gasteiger partial charge in [-0.1, -0.05) is 60.7 Å². The Kier molecular flexibility index (Phi) is 4.62. The van der Waals surface area contributed by atoms with Gasteiger partial charge in [0.2, 0.25) is 0 Å². The number of rotatable bonds is 5. The van der Waals surface area contributed by atoms with E-state index in [2.05, 4.69) is 64.9 Å². The Morgan fingerprint density at radius 3 is 2.23 bits per heavy atom. The maximum absolute atomic E-state index is 4.39. The van der Waals surface area contributed by atoms with Crippen molar-refractivity contribution in [1.82, 2.24) is 10.3 Å². The Bertz CT molecular complexity index is 691. The second kappa shape index (κ2) is 7.01. The number of nitrogens with zero attached hydrogens (tertiary/aromatic N) is 1. The summed E-state index contributed by atoms with van der Waals surface area (Å²) in [7, 11) is 2.01. The first-order valence-electron chi connectivity index (χ1n) is 7.59. The molecule has 0 bridgehead atoms. The zero-order valence-corrected chi connectivity index (χ0v) is 12.7. The lowest BCUT2D eigenvalue weighted by Crippen LogP contribution is -2.18. The smallest absolute Gasteiger partial charge is 0.0701 e. The molecular weight excluding hydrogens is 268 g/mol. The molecule has 0 radical (unpaired) electrons. The maximum atomic E-state index is 4.39. The molecule has 3 rings (SSSR count). The number of nitrogens with one attached hydrogen (secondary N) is 1. The summed E-state index contributed by atoms with van der Waals surface area (Å²) in [5.41, 5.74) is 4.81. The van der Waals surface area contributed by atoms with E-state index >= 15 is 0 Å². The molecule has 110 valence electrons. The minimum Gasteiger partial charge on any atom is -0.313 e. The number of aromatic nitrogens is 1. The van der Waals surface area contributed by atoms with Crippen molar-refractivity contribution < 1.29 is 0 Å². The molecule has 0 aliphatic carbocycles. The standard InChI is InChI=1S/C20H20N2/c1-21-20(17-7-3-2-4-8-17)15-16-10-12-18(13-11-16)19-9-5-6-14-22-19/h2-14,20-21H,15H2,1H3. The summed E-state index contributed by atoms with van der Waals surface area (Å²) >= 11 is 0. The highest BCUT2D eigenvalue weighted by Gasteiger charge is 2.09. The third-order valence-corrected chi connectivity index (χ3v) is 3.90. The summed E-state index contributed by atoms with van der Waals surface area (Å²) in [6, 6.07) is 25.6. The highest BCUT2D eigenvalue weighted by Crippen LogP contribution is 2.21. The van der Waals surface area contributed by atoms with Crippen LogP contribution in [0.15, 0.2) is 79.0 Å². The van der Waals surface area contributed by atoms with Crippen molar-refractivity contribution in [3.05, 3.63) is 90.1 Å². The summed E-state index contributed by atoms with van der Waals surface area (Å²) in [6.07, 6.45) is 2.80. The van der Waals surface area contributed by atoms with Gasteiger partial charge in [-0.15, -0.1) is 0 Å². The van der Waals surface area contributed by atoms with Crippen molar-refractivity contribution in [2.24, 2.45) is 0 Å². The molecule has 0 fully saturated rings. The molecule has 1 aromatic heterocycles. The van der Waals surface area contributed by atoms with Crippen molar-refractivity contribution in [1.29, 1.82) is 0 Å². The van der Waals surface area contributed by atoms with E-state index in [0.29, 0.717) is 6.04 Å². The number of hydrogen-bond donors (Lipinski definition) is 1. The van der Waals surface area contributed by atoms with Crippen molar-refractivity contribution >= 4 is 0 Å². The average molecular weight is 288 g/mol. The van der Waals surface area contributed by atoms with Crippen LogP contribution in [-0.4, -0.2) is 12.0 Å². The SMILES string of the molecule is CNC(Cc1ccc(-c2ccccn2)cc1)c1ccccc1. The molecule has 0 spiro atoms. The van der Waals surface area contributed by atoms with Gasteiger partial charge in [0.1, 0.15) is 0 Å². The molecular formula is C20H20N2. The zero-order chi connectivity index (χ0) is 15.2. The lowest BCUT2D eigenvalue weighted by atomic mass is 9.98. The van der Waals surface area contributed by atoms with Crippen molar-refractivity contribution in [3.8, 4) is 11.3 Å². The lowest BCUT2D eigenvalue weighted by Gasteiger charge is -2.17. The predicted molar refractivity (Wildman–Crippen MR) is 91.6 cm³/mol. The summed E-state index contributed by atoms with van der Waals surface area (Å²) in [4.78, 5) is 4.39. The Morgan fingerprint density at radius 2 is 1.59 bits per heavy atom. The van der Waals surface area contributed by atoms with Gasteiger partial charge in [-0.05, 0) is 36.7 Å². The van der Waals surface area contributed by atoms with Crippen LogP contribution in [0.25, 0.3) is 11.3 Å². The van der Waals surface area contributed by atoms with E-state index < -0.39 is 0 Å². The molecule has 0 saturated carbocycles. The minimum atomic E-state index is 0.335. The van der Waals surface area contributed by atoms with Crippen LogP contribution < -0.4 is 5.32 Å². The van der Waals surface area contributed by atoms with Gasteiger partial charge in [0, 0.05) is 17.8 Å². The van der Waals surface area contributed by atoms with E-state index in [9.17, 15) is 0 Å². The molecule has 0 saturated heterocycles. The fraction of sp³-hybridized carbons (Fsp3) is 0.150. The van der Waals surface area contributed by atoms with E-state index in [1.54, 1.807) is 0 Å². The van der Waals surface area contributed by atoms with Crippen LogP contribution in [0.3, 0.4) is 0 Å². The van der Waals surface area contributed by atoms with Crippen LogP contribution >= 0.6 is 0 Å². The van der Waals surface area contributed by atoms with Gasteiger partial charge in [-0.2, -0.15) is 0 Å². The van der Waals surface area contributed by atoms with Crippen LogP contribution in [0.4, 0.5) is 0 Å². The zero-order valence-electron chi connectivity index (χ0n) is 12.7. The van der Waals surface area contributed by atoms with E-state index in [1.807, 2.05) is 31.4 Å². The highest BCUT2D eigenvalue weighted by molar-refractivity contribution is 5.59. The average Bonchev–Trinajstić information content (AvgIpc) is 2.62. The summed E-state index contributed by atoms with van der Waals surface area (Å²) in [5, 5.41) is 3.40. The van der Waals surface area contributed by atoms with Gasteiger partial charge in [0.05, 0.1) is 5.69 Å². The van der Waals surface area contributed by atoms with Gasteiger partial charge >= 0.3 is 0 Å². The normalized spacial score (nSPS) is 12.0. The molecule has 22 heavy (non-hydrogen) atoms. The molecule has 2 aromatic carbocycles. The Balaban J connectivity index is 1.76. The molecule has 3 aromatic rings. The van der Waals surface area contributed by atoms with Crippen LogP contribution in [0.2, 0.25) is 0 Å². The Labute approximate surface area is 131 Å². The van der Waals surface area contributed by atoms with Crippen molar-refractivity contribution in [2.45, 2.75) is 12.5 Å². The number of likely N-dealkylation sites (N-methyl/N-ethyl adjacent to an activating group) is 1. The third-order valence-electron chi connectivity index (χ3n) is 3.90.